The highest BCUT2D eigenvalue weighted by atomic mass is 16.2. The summed E-state index contributed by atoms with van der Waals surface area (Å²) in [5.74, 6) is 0.703. The summed E-state index contributed by atoms with van der Waals surface area (Å²) in [6.07, 6.45) is 6.59. The molecule has 1 heterocycles. The monoisotopic (exact) mass is 225 g/mol. The molecule has 0 radical (unpaired) electrons. The van der Waals surface area contributed by atoms with Crippen molar-refractivity contribution < 1.29 is 4.79 Å². The lowest BCUT2D eigenvalue weighted by Gasteiger charge is -2.32. The van der Waals surface area contributed by atoms with Crippen LogP contribution < -0.4 is 5.73 Å². The molecule has 1 aliphatic carbocycles. The summed E-state index contributed by atoms with van der Waals surface area (Å²) in [5, 5.41) is 0. The highest BCUT2D eigenvalue weighted by molar-refractivity contribution is 5.77. The molecule has 0 bridgehead atoms. The Balaban J connectivity index is 2.03. The van der Waals surface area contributed by atoms with Gasteiger partial charge >= 0.3 is 6.03 Å². The maximum absolute atomic E-state index is 11.9. The van der Waals surface area contributed by atoms with Gasteiger partial charge in [0, 0.05) is 26.7 Å². The van der Waals surface area contributed by atoms with Crippen LogP contribution in [0.25, 0.3) is 0 Å². The zero-order valence-electron chi connectivity index (χ0n) is 10.2. The molecule has 92 valence electrons. The second-order valence-electron chi connectivity index (χ2n) is 5.11. The second kappa shape index (κ2) is 5.04. The molecule has 0 spiro atoms. The summed E-state index contributed by atoms with van der Waals surface area (Å²) < 4.78 is 0. The molecule has 4 nitrogen and oxygen atoms in total. The molecular weight excluding hydrogens is 202 g/mol. The molecule has 4 heteroatoms. The minimum Gasteiger partial charge on any atom is -0.329 e. The molecule has 2 amide bonds. The maximum atomic E-state index is 11.9. The van der Waals surface area contributed by atoms with Gasteiger partial charge in [-0.25, -0.2) is 4.79 Å². The van der Waals surface area contributed by atoms with E-state index in [1.54, 1.807) is 0 Å². The van der Waals surface area contributed by atoms with Gasteiger partial charge in [0.2, 0.25) is 0 Å². The Kier molecular flexibility index (Phi) is 3.69. The molecule has 1 aliphatic heterocycles. The largest absolute Gasteiger partial charge is 0.329 e. The first-order valence-electron chi connectivity index (χ1n) is 6.46. The lowest BCUT2D eigenvalue weighted by molar-refractivity contribution is 0.166. The van der Waals surface area contributed by atoms with Crippen molar-refractivity contribution in [1.29, 1.82) is 0 Å². The van der Waals surface area contributed by atoms with Gasteiger partial charge in [0.05, 0.1) is 6.04 Å². The van der Waals surface area contributed by atoms with Gasteiger partial charge in [-0.15, -0.1) is 0 Å². The summed E-state index contributed by atoms with van der Waals surface area (Å²) in [6, 6.07) is 0.586. The van der Waals surface area contributed by atoms with Crippen LogP contribution in [0.4, 0.5) is 4.79 Å². The topological polar surface area (TPSA) is 49.6 Å². The van der Waals surface area contributed by atoms with Crippen LogP contribution in [0.2, 0.25) is 0 Å². The zero-order valence-corrected chi connectivity index (χ0v) is 10.2. The van der Waals surface area contributed by atoms with Gasteiger partial charge in [0.15, 0.2) is 0 Å². The second-order valence-corrected chi connectivity index (χ2v) is 5.11. The van der Waals surface area contributed by atoms with Crippen LogP contribution in [0.3, 0.4) is 0 Å². The number of nitrogens with zero attached hydrogens (tertiary/aromatic N) is 2. The molecule has 0 aromatic heterocycles. The van der Waals surface area contributed by atoms with E-state index in [4.69, 9.17) is 5.73 Å². The third-order valence-corrected chi connectivity index (χ3v) is 4.00. The van der Waals surface area contributed by atoms with Crippen molar-refractivity contribution in [3.05, 3.63) is 0 Å². The summed E-state index contributed by atoms with van der Waals surface area (Å²) in [5.41, 5.74) is 5.60. The van der Waals surface area contributed by atoms with Gasteiger partial charge in [0.25, 0.3) is 0 Å². The number of carbonyl (C=O) groups is 1. The molecule has 16 heavy (non-hydrogen) atoms. The average molecular weight is 225 g/mol. The van der Waals surface area contributed by atoms with E-state index in [0.29, 0.717) is 25.0 Å². The summed E-state index contributed by atoms with van der Waals surface area (Å²) in [6.45, 7) is 2.18. The first-order valence-corrected chi connectivity index (χ1v) is 6.46. The fraction of sp³-hybridized carbons (Fsp3) is 0.917. The lowest BCUT2D eigenvalue weighted by atomic mass is 9.83. The molecule has 2 aliphatic rings. The molecule has 1 saturated heterocycles. The van der Waals surface area contributed by atoms with Crippen LogP contribution in [0, 0.1) is 5.92 Å². The number of hydrogen-bond acceptors (Lipinski definition) is 2. The number of amides is 2. The molecule has 0 aromatic rings. The Bertz CT molecular complexity index is 251. The van der Waals surface area contributed by atoms with E-state index in [2.05, 4.69) is 0 Å². The third kappa shape index (κ3) is 2.17. The zero-order chi connectivity index (χ0) is 11.5. The van der Waals surface area contributed by atoms with Gasteiger partial charge < -0.3 is 15.5 Å². The first kappa shape index (κ1) is 11.7. The fourth-order valence-electron chi connectivity index (χ4n) is 3.14. The van der Waals surface area contributed by atoms with Crippen LogP contribution in [-0.2, 0) is 0 Å². The summed E-state index contributed by atoms with van der Waals surface area (Å²) >= 11 is 0. The van der Waals surface area contributed by atoms with E-state index < -0.39 is 0 Å². The molecule has 1 unspecified atom stereocenters. The SMILES string of the molecule is CN1CC(C2CCCCC2)N(CCN)C1=O. The van der Waals surface area contributed by atoms with Crippen molar-refractivity contribution in [2.75, 3.05) is 26.7 Å². The Morgan fingerprint density at radius 1 is 1.31 bits per heavy atom. The number of likely N-dealkylation sites (N-methyl/N-ethyl adjacent to an activating group) is 1. The van der Waals surface area contributed by atoms with Crippen LogP contribution in [0.15, 0.2) is 0 Å². The third-order valence-electron chi connectivity index (χ3n) is 4.00. The van der Waals surface area contributed by atoms with Crippen LogP contribution in [0.1, 0.15) is 32.1 Å². The Labute approximate surface area is 97.8 Å². The Morgan fingerprint density at radius 3 is 2.62 bits per heavy atom. The van der Waals surface area contributed by atoms with Gasteiger partial charge in [-0.2, -0.15) is 0 Å². The number of nitrogens with two attached hydrogens (primary N) is 1. The molecule has 2 N–H and O–H groups in total. The number of carbonyl (C=O) groups excluding carboxylic acids is 1. The Morgan fingerprint density at radius 2 is 2.00 bits per heavy atom. The number of rotatable bonds is 3. The maximum Gasteiger partial charge on any atom is 0.320 e. The molecule has 0 aromatic carbocycles. The normalized spacial score (nSPS) is 27.9. The van der Waals surface area contributed by atoms with E-state index in [0.717, 1.165) is 6.54 Å². The van der Waals surface area contributed by atoms with Crippen molar-refractivity contribution in [3.63, 3.8) is 0 Å². The summed E-state index contributed by atoms with van der Waals surface area (Å²) in [7, 11) is 1.90. The van der Waals surface area contributed by atoms with Gasteiger partial charge in [-0.3, -0.25) is 0 Å². The average Bonchev–Trinajstić information content (AvgIpc) is 2.59. The van der Waals surface area contributed by atoms with Crippen molar-refractivity contribution in [1.82, 2.24) is 9.80 Å². The minimum atomic E-state index is 0.168. The van der Waals surface area contributed by atoms with Crippen molar-refractivity contribution in [2.24, 2.45) is 11.7 Å². The highest BCUT2D eigenvalue weighted by Gasteiger charge is 2.39. The van der Waals surface area contributed by atoms with E-state index >= 15 is 0 Å². The number of hydrogen-bond donors (Lipinski definition) is 1. The smallest absolute Gasteiger partial charge is 0.320 e. The number of urea groups is 1. The first-order chi connectivity index (χ1) is 7.74. The van der Waals surface area contributed by atoms with E-state index in [1.165, 1.54) is 32.1 Å². The predicted octanol–water partition coefficient (Wildman–Crippen LogP) is 1.26. The molecular formula is C12H23N3O. The molecule has 1 atom stereocenters. The van der Waals surface area contributed by atoms with Gasteiger partial charge in [-0.05, 0) is 18.8 Å². The van der Waals surface area contributed by atoms with Crippen LogP contribution in [0.5, 0.6) is 0 Å². The van der Waals surface area contributed by atoms with Crippen molar-refractivity contribution >= 4 is 6.03 Å². The van der Waals surface area contributed by atoms with Crippen LogP contribution >= 0.6 is 0 Å². The summed E-state index contributed by atoms with van der Waals surface area (Å²) in [4.78, 5) is 15.8. The minimum absolute atomic E-state index is 0.168. The van der Waals surface area contributed by atoms with Gasteiger partial charge in [-0.1, -0.05) is 19.3 Å². The van der Waals surface area contributed by atoms with Gasteiger partial charge in [0.1, 0.15) is 0 Å². The highest BCUT2D eigenvalue weighted by Crippen LogP contribution is 2.32. The van der Waals surface area contributed by atoms with E-state index in [9.17, 15) is 4.79 Å². The molecule has 2 fully saturated rings. The molecule has 2 rings (SSSR count). The quantitative estimate of drug-likeness (QED) is 0.786. The molecule has 1 saturated carbocycles. The standard InChI is InChI=1S/C12H23N3O/c1-14-9-11(10-5-3-2-4-6-10)15(8-7-13)12(14)16/h10-11H,2-9,13H2,1H3. The lowest BCUT2D eigenvalue weighted by Crippen LogP contribution is -2.42. The van der Waals surface area contributed by atoms with E-state index in [1.807, 2.05) is 16.8 Å². The Hall–Kier alpha value is -0.770. The van der Waals surface area contributed by atoms with Crippen LogP contribution in [-0.4, -0.2) is 48.6 Å². The van der Waals surface area contributed by atoms with E-state index in [-0.39, 0.29) is 6.03 Å². The fourth-order valence-corrected chi connectivity index (χ4v) is 3.14. The van der Waals surface area contributed by atoms with Crippen molar-refractivity contribution in [2.45, 2.75) is 38.1 Å². The van der Waals surface area contributed by atoms with Crippen molar-refractivity contribution in [3.8, 4) is 0 Å². The predicted molar refractivity (Wildman–Crippen MR) is 64.1 cm³/mol.